The van der Waals surface area contributed by atoms with Gasteiger partial charge in [0.15, 0.2) is 6.10 Å². The molecule has 0 heterocycles. The molecule has 0 fully saturated rings. The second-order valence-electron chi connectivity index (χ2n) is 18.5. The highest BCUT2D eigenvalue weighted by Crippen LogP contribution is 2.43. The largest absolute Gasteiger partial charge is 0.472 e. The lowest BCUT2D eigenvalue weighted by Crippen LogP contribution is -2.29. The Hall–Kier alpha value is -1.25. The Bertz CT molecular complexity index is 1040. The topological polar surface area (TPSA) is 134 Å². The first-order valence-corrected chi connectivity index (χ1v) is 28.7. The van der Waals surface area contributed by atoms with E-state index in [-0.39, 0.29) is 38.6 Å². The summed E-state index contributed by atoms with van der Waals surface area (Å²) < 4.78 is 32.9. The lowest BCUT2D eigenvalue weighted by atomic mass is 10.0. The number of hydrogen-bond donors (Lipinski definition) is 2. The maximum absolute atomic E-state index is 12.6. The van der Waals surface area contributed by atoms with Crippen LogP contribution in [0.2, 0.25) is 0 Å². The van der Waals surface area contributed by atoms with Gasteiger partial charge in [-0.15, -0.1) is 0 Å². The molecule has 2 unspecified atom stereocenters. The van der Waals surface area contributed by atoms with Crippen molar-refractivity contribution in [1.29, 1.82) is 0 Å². The van der Waals surface area contributed by atoms with Crippen LogP contribution in [0.1, 0.15) is 284 Å². The van der Waals surface area contributed by atoms with E-state index in [1.807, 2.05) is 0 Å². The fourth-order valence-electron chi connectivity index (χ4n) is 8.10. The zero-order valence-corrected chi connectivity index (χ0v) is 42.5. The van der Waals surface area contributed by atoms with Gasteiger partial charge in [-0.3, -0.25) is 18.6 Å². The number of esters is 2. The number of phosphoric acid groups is 1. The van der Waals surface area contributed by atoms with Crippen molar-refractivity contribution in [2.45, 2.75) is 290 Å². The first-order chi connectivity index (χ1) is 30.8. The number of unbranched alkanes of at least 4 members (excludes halogenated alkanes) is 37. The summed E-state index contributed by atoms with van der Waals surface area (Å²) in [6.45, 7) is 3.78. The Morgan fingerprint density at radius 3 is 1.13 bits per heavy atom. The van der Waals surface area contributed by atoms with Gasteiger partial charge in [0.05, 0.1) is 13.2 Å². The van der Waals surface area contributed by atoms with Gasteiger partial charge in [0.2, 0.25) is 0 Å². The molecule has 0 saturated carbocycles. The van der Waals surface area contributed by atoms with Gasteiger partial charge in [-0.05, 0) is 38.5 Å². The van der Waals surface area contributed by atoms with E-state index in [0.29, 0.717) is 6.42 Å². The average Bonchev–Trinajstić information content (AvgIpc) is 3.27. The number of carbonyl (C=O) groups is 2. The van der Waals surface area contributed by atoms with Gasteiger partial charge in [-0.1, -0.05) is 244 Å². The molecular weight excluding hydrogens is 810 g/mol. The molecule has 63 heavy (non-hydrogen) atoms. The van der Waals surface area contributed by atoms with Crippen molar-refractivity contribution in [3.05, 3.63) is 12.2 Å². The molecule has 0 spiro atoms. The molecule has 0 amide bonds. The maximum Gasteiger partial charge on any atom is 0.472 e. The molecule has 0 aromatic carbocycles. The highest BCUT2D eigenvalue weighted by Gasteiger charge is 2.26. The normalized spacial score (nSPS) is 13.1. The number of phosphoric ester groups is 1. The molecule has 9 nitrogen and oxygen atoms in total. The predicted molar refractivity (Wildman–Crippen MR) is 266 cm³/mol. The van der Waals surface area contributed by atoms with Gasteiger partial charge >= 0.3 is 19.8 Å². The van der Waals surface area contributed by atoms with Crippen LogP contribution in [0.4, 0.5) is 0 Å². The molecule has 0 radical (unpaired) electrons. The molecule has 0 aromatic rings. The Balaban J connectivity index is 3.90. The summed E-state index contributed by atoms with van der Waals surface area (Å²) in [5, 5.41) is 0. The fourth-order valence-corrected chi connectivity index (χ4v) is 8.87. The van der Waals surface area contributed by atoms with Gasteiger partial charge in [-0.2, -0.15) is 0 Å². The third-order valence-electron chi connectivity index (χ3n) is 12.2. The number of ether oxygens (including phenoxy) is 2. The number of allylic oxidation sites excluding steroid dienone is 2. The third kappa shape index (κ3) is 50.0. The van der Waals surface area contributed by atoms with Crippen molar-refractivity contribution < 1.29 is 37.6 Å². The summed E-state index contributed by atoms with van der Waals surface area (Å²) in [7, 11) is -4.38. The summed E-state index contributed by atoms with van der Waals surface area (Å²) in [5.41, 5.74) is 5.37. The highest BCUT2D eigenvalue weighted by atomic mass is 31.2. The lowest BCUT2D eigenvalue weighted by molar-refractivity contribution is -0.161. The monoisotopic (exact) mass is 914 g/mol. The third-order valence-corrected chi connectivity index (χ3v) is 13.1. The Morgan fingerprint density at radius 1 is 0.460 bits per heavy atom. The van der Waals surface area contributed by atoms with E-state index in [1.54, 1.807) is 0 Å². The Labute approximate surface area is 389 Å². The van der Waals surface area contributed by atoms with Gasteiger partial charge < -0.3 is 20.1 Å². The average molecular weight is 914 g/mol. The Kier molecular flexibility index (Phi) is 49.2. The molecule has 0 aliphatic carbocycles. The molecule has 0 bridgehead atoms. The smallest absolute Gasteiger partial charge is 0.462 e. The summed E-state index contributed by atoms with van der Waals surface area (Å²) in [6, 6.07) is 0. The second-order valence-corrected chi connectivity index (χ2v) is 19.9. The van der Waals surface area contributed by atoms with Crippen molar-refractivity contribution in [3.63, 3.8) is 0 Å². The van der Waals surface area contributed by atoms with E-state index >= 15 is 0 Å². The van der Waals surface area contributed by atoms with Crippen LogP contribution in [-0.4, -0.2) is 49.3 Å². The molecular formula is C53H104NO8P. The number of hydrogen-bond acceptors (Lipinski definition) is 8. The zero-order chi connectivity index (χ0) is 46.0. The molecule has 0 aromatic heterocycles. The van der Waals surface area contributed by atoms with E-state index < -0.39 is 26.5 Å². The summed E-state index contributed by atoms with van der Waals surface area (Å²) in [5.74, 6) is -0.821. The fraction of sp³-hybridized carbons (Fsp3) is 0.925. The quantitative estimate of drug-likeness (QED) is 0.0265. The van der Waals surface area contributed by atoms with Crippen LogP contribution < -0.4 is 5.73 Å². The van der Waals surface area contributed by atoms with Crippen LogP contribution in [0.15, 0.2) is 12.2 Å². The maximum atomic E-state index is 12.6. The lowest BCUT2D eigenvalue weighted by Gasteiger charge is -2.19. The van der Waals surface area contributed by atoms with Crippen molar-refractivity contribution in [3.8, 4) is 0 Å². The van der Waals surface area contributed by atoms with Crippen molar-refractivity contribution >= 4 is 19.8 Å². The van der Waals surface area contributed by atoms with E-state index in [4.69, 9.17) is 24.3 Å². The number of nitrogens with two attached hydrogens (primary N) is 1. The van der Waals surface area contributed by atoms with Gasteiger partial charge in [0.1, 0.15) is 6.61 Å². The van der Waals surface area contributed by atoms with Crippen LogP contribution in [0, 0.1) is 0 Å². The molecule has 0 rings (SSSR count). The number of rotatable bonds is 52. The van der Waals surface area contributed by atoms with Crippen LogP contribution >= 0.6 is 7.82 Å². The molecule has 2 atom stereocenters. The van der Waals surface area contributed by atoms with E-state index in [2.05, 4.69) is 26.0 Å². The minimum absolute atomic E-state index is 0.0551. The van der Waals surface area contributed by atoms with Gasteiger partial charge in [0.25, 0.3) is 0 Å². The van der Waals surface area contributed by atoms with Crippen molar-refractivity contribution in [2.75, 3.05) is 26.4 Å². The molecule has 0 saturated heterocycles. The molecule has 10 heteroatoms. The van der Waals surface area contributed by atoms with Gasteiger partial charge in [0, 0.05) is 19.4 Å². The highest BCUT2D eigenvalue weighted by molar-refractivity contribution is 7.47. The van der Waals surface area contributed by atoms with Crippen LogP contribution in [0.3, 0.4) is 0 Å². The molecule has 374 valence electrons. The predicted octanol–water partition coefficient (Wildman–Crippen LogP) is 16.5. The molecule has 0 aliphatic rings. The van der Waals surface area contributed by atoms with Gasteiger partial charge in [-0.25, -0.2) is 4.57 Å². The van der Waals surface area contributed by atoms with Crippen molar-refractivity contribution in [2.24, 2.45) is 5.73 Å². The summed E-state index contributed by atoms with van der Waals surface area (Å²) >= 11 is 0. The van der Waals surface area contributed by atoms with Crippen LogP contribution in [-0.2, 0) is 32.7 Å². The van der Waals surface area contributed by atoms with E-state index in [0.717, 1.165) is 51.4 Å². The minimum atomic E-state index is -4.38. The molecule has 3 N–H and O–H groups in total. The zero-order valence-electron chi connectivity index (χ0n) is 41.6. The Morgan fingerprint density at radius 2 is 0.778 bits per heavy atom. The standard InChI is InChI=1S/C53H104NO8P/c1-3-5-7-9-11-13-15-17-19-20-21-22-23-24-25-26-27-28-29-30-32-33-35-37-39-41-43-45-52(55)59-49-51(50-61-63(57,58)60-48-47-54)62-53(56)46-44-42-40-38-36-34-31-18-16-14-12-10-8-6-4-2/h18,31,51H,3-17,19-30,32-50,54H2,1-2H3,(H,57,58)/b31-18-. The molecule has 0 aliphatic heterocycles. The van der Waals surface area contributed by atoms with Crippen LogP contribution in [0.25, 0.3) is 0 Å². The van der Waals surface area contributed by atoms with Crippen molar-refractivity contribution in [1.82, 2.24) is 0 Å². The first-order valence-electron chi connectivity index (χ1n) is 27.2. The SMILES string of the molecule is CCCCCCCC/C=C\CCCCCCCC(=O)OC(COC(=O)CCCCCCCCCCCCCCCCCCCCCCCCCCCCC)COP(=O)(O)OCCN. The van der Waals surface area contributed by atoms with E-state index in [9.17, 15) is 19.0 Å². The summed E-state index contributed by atoms with van der Waals surface area (Å²) in [4.78, 5) is 35.0. The van der Waals surface area contributed by atoms with E-state index in [1.165, 1.54) is 199 Å². The minimum Gasteiger partial charge on any atom is -0.462 e. The van der Waals surface area contributed by atoms with Crippen LogP contribution in [0.5, 0.6) is 0 Å². The number of carbonyl (C=O) groups excluding carboxylic acids is 2. The first kappa shape index (κ1) is 61.8. The summed E-state index contributed by atoms with van der Waals surface area (Å²) in [6.07, 6.45) is 55.6. The second kappa shape index (κ2) is 50.2.